The van der Waals surface area contributed by atoms with Crippen LogP contribution < -0.4 is 11.5 Å². The van der Waals surface area contributed by atoms with Gasteiger partial charge in [0, 0.05) is 11.6 Å². The summed E-state index contributed by atoms with van der Waals surface area (Å²) < 4.78 is 4.69. The van der Waals surface area contributed by atoms with Crippen LogP contribution in [0.4, 0.5) is 0 Å². The van der Waals surface area contributed by atoms with Crippen LogP contribution in [0.15, 0.2) is 16.6 Å². The summed E-state index contributed by atoms with van der Waals surface area (Å²) >= 11 is 1.05. The number of aromatic nitrogens is 1. The fourth-order valence-electron chi connectivity index (χ4n) is 0.995. The Kier molecular flexibility index (Phi) is 3.80. The van der Waals surface area contributed by atoms with Gasteiger partial charge in [-0.15, -0.1) is 11.3 Å². The Morgan fingerprint density at radius 3 is 2.88 bits per heavy atom. The molecule has 1 unspecified atom stereocenters. The quantitative estimate of drug-likeness (QED) is 0.359. The van der Waals surface area contributed by atoms with E-state index in [4.69, 9.17) is 16.2 Å². The van der Waals surface area contributed by atoms with Gasteiger partial charge in [-0.1, -0.05) is 0 Å². The van der Waals surface area contributed by atoms with Gasteiger partial charge in [0.1, 0.15) is 0 Å². The first-order valence-corrected chi connectivity index (χ1v) is 5.29. The molecular weight excluding hydrogens is 232 g/mol. The highest BCUT2D eigenvalue weighted by atomic mass is 32.1. The van der Waals surface area contributed by atoms with Crippen LogP contribution in [-0.2, 0) is 15.3 Å². The Labute approximate surface area is 95.8 Å². The molecule has 16 heavy (non-hydrogen) atoms. The maximum Gasteiger partial charge on any atom is 0.369 e. The number of aliphatic hydroxyl groups is 1. The number of carbonyl (C=O) groups is 1. The maximum atomic E-state index is 11.6. The zero-order chi connectivity index (χ0) is 12.2. The van der Waals surface area contributed by atoms with Crippen molar-refractivity contribution < 1.29 is 14.6 Å². The highest BCUT2D eigenvalue weighted by Gasteiger charge is 2.42. The molecule has 0 saturated heterocycles. The molecule has 0 aliphatic carbocycles. The molecule has 1 aromatic heterocycles. The minimum atomic E-state index is -2.26. The van der Waals surface area contributed by atoms with Crippen molar-refractivity contribution in [1.82, 2.24) is 4.98 Å². The third kappa shape index (κ3) is 2.47. The van der Waals surface area contributed by atoms with Crippen molar-refractivity contribution in [1.29, 1.82) is 0 Å². The number of thiazole rings is 1. The summed E-state index contributed by atoms with van der Waals surface area (Å²) in [6, 6.07) is 0. The molecule has 88 valence electrons. The highest BCUT2D eigenvalue weighted by molar-refractivity contribution is 7.09. The summed E-state index contributed by atoms with van der Waals surface area (Å²) in [5.74, 6) is -1.39. The molecule has 1 rings (SSSR count). The predicted octanol–water partition coefficient (Wildman–Crippen LogP) is -0.875. The third-order valence-electron chi connectivity index (χ3n) is 1.58. The SMILES string of the molecule is CCOC(=O)C(O)(N=C(N)N)c1nccs1. The Bertz CT molecular complexity index is 388. The number of esters is 1. The van der Waals surface area contributed by atoms with E-state index in [2.05, 4.69) is 9.98 Å². The summed E-state index contributed by atoms with van der Waals surface area (Å²) in [7, 11) is 0. The largest absolute Gasteiger partial charge is 0.462 e. The van der Waals surface area contributed by atoms with Gasteiger partial charge in [0.2, 0.25) is 0 Å². The maximum absolute atomic E-state index is 11.6. The molecule has 1 atom stereocenters. The van der Waals surface area contributed by atoms with Gasteiger partial charge in [0.25, 0.3) is 0 Å². The average Bonchev–Trinajstić information content (AvgIpc) is 2.69. The minimum absolute atomic E-state index is 0.0550. The lowest BCUT2D eigenvalue weighted by molar-refractivity contribution is -0.165. The van der Waals surface area contributed by atoms with Crippen LogP contribution in [0.25, 0.3) is 0 Å². The van der Waals surface area contributed by atoms with Crippen LogP contribution in [0.5, 0.6) is 0 Å². The number of aliphatic imine (C=N–C) groups is 1. The van der Waals surface area contributed by atoms with E-state index < -0.39 is 17.7 Å². The van der Waals surface area contributed by atoms with Crippen molar-refractivity contribution in [3.05, 3.63) is 16.6 Å². The van der Waals surface area contributed by atoms with Crippen LogP contribution in [0.1, 0.15) is 11.9 Å². The second-order valence-electron chi connectivity index (χ2n) is 2.77. The van der Waals surface area contributed by atoms with Crippen molar-refractivity contribution in [2.45, 2.75) is 12.6 Å². The van der Waals surface area contributed by atoms with Gasteiger partial charge in [-0.05, 0) is 6.92 Å². The first-order chi connectivity index (χ1) is 7.50. The molecule has 0 aliphatic heterocycles. The molecule has 0 amide bonds. The number of guanidine groups is 1. The lowest BCUT2D eigenvalue weighted by atomic mass is 10.2. The molecule has 1 heterocycles. The second kappa shape index (κ2) is 4.90. The summed E-state index contributed by atoms with van der Waals surface area (Å²) in [6.07, 6.45) is 1.42. The molecule has 0 fully saturated rings. The smallest absolute Gasteiger partial charge is 0.369 e. The van der Waals surface area contributed by atoms with Gasteiger partial charge in [-0.2, -0.15) is 0 Å². The van der Waals surface area contributed by atoms with E-state index in [0.29, 0.717) is 0 Å². The standard InChI is InChI=1S/C8H12N4O3S/c1-2-15-6(13)8(14,12-7(9)10)5-11-3-4-16-5/h3-4,14H,2H2,1H3,(H4,9,10,12). The number of hydrogen-bond acceptors (Lipinski definition) is 6. The molecule has 5 N–H and O–H groups in total. The van der Waals surface area contributed by atoms with Gasteiger partial charge < -0.3 is 21.3 Å². The summed E-state index contributed by atoms with van der Waals surface area (Å²) in [5.41, 5.74) is 8.05. The predicted molar refractivity (Wildman–Crippen MR) is 58.5 cm³/mol. The van der Waals surface area contributed by atoms with Crippen LogP contribution in [0.2, 0.25) is 0 Å². The Hall–Kier alpha value is -1.67. The number of nitrogens with two attached hydrogens (primary N) is 2. The van der Waals surface area contributed by atoms with Crippen LogP contribution >= 0.6 is 11.3 Å². The molecule has 0 radical (unpaired) electrons. The van der Waals surface area contributed by atoms with E-state index in [1.807, 2.05) is 0 Å². The molecule has 8 heteroatoms. The average molecular weight is 244 g/mol. The van der Waals surface area contributed by atoms with Gasteiger partial charge in [-0.25, -0.2) is 14.8 Å². The lowest BCUT2D eigenvalue weighted by Gasteiger charge is -2.18. The second-order valence-corrected chi connectivity index (χ2v) is 3.66. The molecule has 1 aromatic rings. The summed E-state index contributed by atoms with van der Waals surface area (Å²) in [4.78, 5) is 18.8. The molecule has 0 bridgehead atoms. The van der Waals surface area contributed by atoms with Crippen LogP contribution in [-0.4, -0.2) is 28.6 Å². The summed E-state index contributed by atoms with van der Waals surface area (Å²) in [5, 5.41) is 11.7. The van der Waals surface area contributed by atoms with E-state index in [1.165, 1.54) is 6.20 Å². The Morgan fingerprint density at radius 2 is 2.44 bits per heavy atom. The number of rotatable bonds is 4. The fourth-order valence-corrected chi connectivity index (χ4v) is 1.66. The van der Waals surface area contributed by atoms with E-state index in [1.54, 1.807) is 12.3 Å². The van der Waals surface area contributed by atoms with Crippen molar-refractivity contribution in [2.75, 3.05) is 6.61 Å². The first-order valence-electron chi connectivity index (χ1n) is 4.41. The van der Waals surface area contributed by atoms with Gasteiger partial charge in [0.15, 0.2) is 11.0 Å². The van der Waals surface area contributed by atoms with Crippen molar-refractivity contribution >= 4 is 23.3 Å². The monoisotopic (exact) mass is 244 g/mol. The normalized spacial score (nSPS) is 13.9. The zero-order valence-corrected chi connectivity index (χ0v) is 9.40. The third-order valence-corrected chi connectivity index (χ3v) is 2.45. The number of carbonyl (C=O) groups excluding carboxylic acids is 1. The van der Waals surface area contributed by atoms with Crippen molar-refractivity contribution in [3.8, 4) is 0 Å². The fraction of sp³-hybridized carbons (Fsp3) is 0.375. The van der Waals surface area contributed by atoms with Crippen LogP contribution in [0.3, 0.4) is 0 Å². The topological polar surface area (TPSA) is 124 Å². The van der Waals surface area contributed by atoms with Crippen molar-refractivity contribution in [3.63, 3.8) is 0 Å². The molecular formula is C8H12N4O3S. The highest BCUT2D eigenvalue weighted by Crippen LogP contribution is 2.26. The van der Waals surface area contributed by atoms with Gasteiger partial charge in [0.05, 0.1) is 6.61 Å². The number of hydrogen-bond donors (Lipinski definition) is 3. The van der Waals surface area contributed by atoms with E-state index in [-0.39, 0.29) is 11.6 Å². The Balaban J connectivity index is 3.13. The molecule has 0 spiro atoms. The van der Waals surface area contributed by atoms with Crippen LogP contribution in [0, 0.1) is 0 Å². The molecule has 7 nitrogen and oxygen atoms in total. The Morgan fingerprint density at radius 1 is 1.75 bits per heavy atom. The number of nitrogens with zero attached hydrogens (tertiary/aromatic N) is 2. The zero-order valence-electron chi connectivity index (χ0n) is 8.58. The minimum Gasteiger partial charge on any atom is -0.462 e. The van der Waals surface area contributed by atoms with Gasteiger partial charge >= 0.3 is 11.7 Å². The van der Waals surface area contributed by atoms with Gasteiger partial charge in [-0.3, -0.25) is 0 Å². The summed E-state index contributed by atoms with van der Waals surface area (Å²) in [6.45, 7) is 1.71. The van der Waals surface area contributed by atoms with E-state index >= 15 is 0 Å². The van der Waals surface area contributed by atoms with Crippen molar-refractivity contribution in [2.24, 2.45) is 16.5 Å². The van der Waals surface area contributed by atoms with E-state index in [0.717, 1.165) is 11.3 Å². The first kappa shape index (κ1) is 12.4. The lowest BCUT2D eigenvalue weighted by Crippen LogP contribution is -2.39. The van der Waals surface area contributed by atoms with E-state index in [9.17, 15) is 9.90 Å². The number of ether oxygens (including phenoxy) is 1. The molecule has 0 aliphatic rings. The molecule has 0 aromatic carbocycles. The molecule has 0 saturated carbocycles.